The Morgan fingerprint density at radius 1 is 1.19 bits per heavy atom. The molecule has 0 radical (unpaired) electrons. The maximum Gasteiger partial charge on any atom is 0.233 e. The molecule has 0 bridgehead atoms. The van der Waals surface area contributed by atoms with Crippen LogP contribution in [0.5, 0.6) is 0 Å². The lowest BCUT2D eigenvalue weighted by Gasteiger charge is -2.24. The summed E-state index contributed by atoms with van der Waals surface area (Å²) in [6.07, 6.45) is 5.58. The quantitative estimate of drug-likeness (QED) is 0.708. The average Bonchev–Trinajstić information content (AvgIpc) is 2.81. The van der Waals surface area contributed by atoms with Crippen molar-refractivity contribution in [3.8, 4) is 0 Å². The van der Waals surface area contributed by atoms with E-state index in [1.165, 1.54) is 17.7 Å². The minimum Gasteiger partial charge on any atom is -0.326 e. The second-order valence-electron chi connectivity index (χ2n) is 5.44. The number of carbonyl (C=O) groups is 2. The van der Waals surface area contributed by atoms with Gasteiger partial charge in [0.25, 0.3) is 0 Å². The number of likely N-dealkylation sites (tertiary alicyclic amines) is 1. The molecule has 3 fully saturated rings. The Labute approximate surface area is 95.2 Å². The van der Waals surface area contributed by atoms with Gasteiger partial charge in [-0.15, -0.1) is 0 Å². The molecule has 16 heavy (non-hydrogen) atoms. The molecule has 0 spiro atoms. The molecule has 2 aliphatic carbocycles. The number of nitrogens with two attached hydrogens (primary N) is 1. The minimum atomic E-state index is -0.00657. The van der Waals surface area contributed by atoms with Crippen LogP contribution in [0.3, 0.4) is 0 Å². The Balaban J connectivity index is 1.62. The third-order valence-corrected chi connectivity index (χ3v) is 4.36. The smallest absolute Gasteiger partial charge is 0.233 e. The molecule has 88 valence electrons. The maximum atomic E-state index is 11.8. The fraction of sp³-hybridized carbons (Fsp3) is 0.833. The molecule has 0 aromatic rings. The van der Waals surface area contributed by atoms with E-state index in [0.717, 1.165) is 19.3 Å². The molecular formula is C12H18N2O2. The summed E-state index contributed by atoms with van der Waals surface area (Å²) in [5, 5.41) is 0. The van der Waals surface area contributed by atoms with Gasteiger partial charge in [0.15, 0.2) is 0 Å². The number of hydrogen-bond acceptors (Lipinski definition) is 3. The molecular weight excluding hydrogens is 204 g/mol. The number of rotatable bonds is 3. The van der Waals surface area contributed by atoms with E-state index in [1.807, 2.05) is 0 Å². The molecule has 0 aromatic heterocycles. The number of imide groups is 1. The van der Waals surface area contributed by atoms with Crippen molar-refractivity contribution in [2.75, 3.05) is 6.54 Å². The standard InChI is InChI=1S/C12H18N2O2/c13-10(7-3-1-2-4-7)6-14-11(15)8-5-9(8)12(14)16/h7-10H,1-6,13H2. The molecule has 2 saturated carbocycles. The summed E-state index contributed by atoms with van der Waals surface area (Å²) >= 11 is 0. The van der Waals surface area contributed by atoms with Crippen LogP contribution in [0, 0.1) is 17.8 Å². The van der Waals surface area contributed by atoms with Crippen molar-refractivity contribution < 1.29 is 9.59 Å². The van der Waals surface area contributed by atoms with E-state index in [-0.39, 0.29) is 29.7 Å². The van der Waals surface area contributed by atoms with E-state index in [2.05, 4.69) is 0 Å². The highest BCUT2D eigenvalue weighted by atomic mass is 16.2. The van der Waals surface area contributed by atoms with Crippen molar-refractivity contribution in [3.05, 3.63) is 0 Å². The molecule has 3 atom stereocenters. The van der Waals surface area contributed by atoms with Gasteiger partial charge in [-0.2, -0.15) is 0 Å². The lowest BCUT2D eigenvalue weighted by atomic mass is 9.98. The van der Waals surface area contributed by atoms with Crippen LogP contribution in [0.25, 0.3) is 0 Å². The third kappa shape index (κ3) is 1.47. The first-order valence-corrected chi connectivity index (χ1v) is 6.29. The topological polar surface area (TPSA) is 63.4 Å². The van der Waals surface area contributed by atoms with Gasteiger partial charge in [-0.25, -0.2) is 0 Å². The largest absolute Gasteiger partial charge is 0.326 e. The van der Waals surface area contributed by atoms with Gasteiger partial charge < -0.3 is 5.73 Å². The lowest BCUT2D eigenvalue weighted by Crippen LogP contribution is -2.45. The van der Waals surface area contributed by atoms with Crippen LogP contribution in [0.2, 0.25) is 0 Å². The number of carbonyl (C=O) groups excluding carboxylic acids is 2. The fourth-order valence-corrected chi connectivity index (χ4v) is 3.18. The van der Waals surface area contributed by atoms with Crippen molar-refractivity contribution >= 4 is 11.8 Å². The Kier molecular flexibility index (Phi) is 2.28. The number of piperidine rings is 1. The molecule has 3 unspecified atom stereocenters. The van der Waals surface area contributed by atoms with Gasteiger partial charge in [0.2, 0.25) is 11.8 Å². The lowest BCUT2D eigenvalue weighted by molar-refractivity contribution is -0.141. The molecule has 4 heteroatoms. The zero-order chi connectivity index (χ0) is 11.3. The van der Waals surface area contributed by atoms with Gasteiger partial charge >= 0.3 is 0 Å². The summed E-state index contributed by atoms with van der Waals surface area (Å²) in [5.74, 6) is 0.607. The molecule has 1 saturated heterocycles. The molecule has 1 aliphatic heterocycles. The monoisotopic (exact) mass is 222 g/mol. The highest BCUT2D eigenvalue weighted by Gasteiger charge is 2.58. The second-order valence-corrected chi connectivity index (χ2v) is 5.44. The minimum absolute atomic E-state index is 0.00657. The second kappa shape index (κ2) is 3.55. The van der Waals surface area contributed by atoms with Crippen molar-refractivity contribution in [1.82, 2.24) is 4.90 Å². The first kappa shape index (κ1) is 10.3. The van der Waals surface area contributed by atoms with Crippen LogP contribution in [0.1, 0.15) is 32.1 Å². The zero-order valence-corrected chi connectivity index (χ0v) is 9.39. The maximum absolute atomic E-state index is 11.8. The number of amides is 2. The first-order valence-electron chi connectivity index (χ1n) is 6.29. The van der Waals surface area contributed by atoms with Gasteiger partial charge in [0.1, 0.15) is 0 Å². The van der Waals surface area contributed by atoms with Gasteiger partial charge in [-0.1, -0.05) is 12.8 Å². The molecule has 2 amide bonds. The highest BCUT2D eigenvalue weighted by Crippen LogP contribution is 2.47. The number of nitrogens with zero attached hydrogens (tertiary/aromatic N) is 1. The first-order chi connectivity index (χ1) is 7.68. The predicted molar refractivity (Wildman–Crippen MR) is 58.3 cm³/mol. The normalized spacial score (nSPS) is 35.7. The number of hydrogen-bond donors (Lipinski definition) is 1. The van der Waals surface area contributed by atoms with E-state index in [9.17, 15) is 9.59 Å². The van der Waals surface area contributed by atoms with Crippen molar-refractivity contribution in [3.63, 3.8) is 0 Å². The SMILES string of the molecule is NC(CN1C(=O)C2CC2C1=O)C1CCCC1. The zero-order valence-electron chi connectivity index (χ0n) is 9.39. The predicted octanol–water partition coefficient (Wildman–Crippen LogP) is 0.509. The van der Waals surface area contributed by atoms with Gasteiger partial charge in [-0.3, -0.25) is 14.5 Å². The Morgan fingerprint density at radius 2 is 1.75 bits per heavy atom. The van der Waals surface area contributed by atoms with Crippen molar-refractivity contribution in [2.24, 2.45) is 23.5 Å². The van der Waals surface area contributed by atoms with E-state index < -0.39 is 0 Å². The van der Waals surface area contributed by atoms with Crippen molar-refractivity contribution in [1.29, 1.82) is 0 Å². The molecule has 3 rings (SSSR count). The highest BCUT2D eigenvalue weighted by molar-refractivity contribution is 6.08. The summed E-state index contributed by atoms with van der Waals surface area (Å²) in [6.45, 7) is 0.454. The van der Waals surface area contributed by atoms with Crippen LogP contribution < -0.4 is 5.73 Å². The van der Waals surface area contributed by atoms with Crippen LogP contribution in [0.4, 0.5) is 0 Å². The van der Waals surface area contributed by atoms with E-state index >= 15 is 0 Å². The van der Waals surface area contributed by atoms with Crippen molar-refractivity contribution in [2.45, 2.75) is 38.1 Å². The van der Waals surface area contributed by atoms with E-state index in [1.54, 1.807) is 0 Å². The number of fused-ring (bicyclic) bond motifs is 1. The molecule has 2 N–H and O–H groups in total. The van der Waals surface area contributed by atoms with Gasteiger partial charge in [0.05, 0.1) is 11.8 Å². The average molecular weight is 222 g/mol. The molecule has 1 heterocycles. The summed E-state index contributed by atoms with van der Waals surface area (Å²) in [4.78, 5) is 24.9. The van der Waals surface area contributed by atoms with Crippen LogP contribution in [-0.2, 0) is 9.59 Å². The summed E-state index contributed by atoms with van der Waals surface area (Å²) in [6, 6.07) is -0.00657. The van der Waals surface area contributed by atoms with E-state index in [4.69, 9.17) is 5.73 Å². The Hall–Kier alpha value is -0.900. The third-order valence-electron chi connectivity index (χ3n) is 4.36. The summed E-state index contributed by atoms with van der Waals surface area (Å²) in [5.41, 5.74) is 6.10. The van der Waals surface area contributed by atoms with Crippen LogP contribution >= 0.6 is 0 Å². The molecule has 0 aromatic carbocycles. The van der Waals surface area contributed by atoms with Crippen LogP contribution in [-0.4, -0.2) is 29.3 Å². The van der Waals surface area contributed by atoms with E-state index in [0.29, 0.717) is 12.5 Å². The van der Waals surface area contributed by atoms with Crippen LogP contribution in [0.15, 0.2) is 0 Å². The fourth-order valence-electron chi connectivity index (χ4n) is 3.18. The summed E-state index contributed by atoms with van der Waals surface area (Å²) in [7, 11) is 0. The Bertz CT molecular complexity index is 316. The van der Waals surface area contributed by atoms with Gasteiger partial charge in [-0.05, 0) is 25.2 Å². The molecule has 3 aliphatic rings. The Morgan fingerprint density at radius 3 is 2.31 bits per heavy atom. The molecule has 4 nitrogen and oxygen atoms in total. The summed E-state index contributed by atoms with van der Waals surface area (Å²) < 4.78 is 0. The van der Waals surface area contributed by atoms with Gasteiger partial charge in [0, 0.05) is 12.6 Å².